The highest BCUT2D eigenvalue weighted by atomic mass is 15.0. The Kier molecular flexibility index (Phi) is 3.15. The van der Waals surface area contributed by atoms with E-state index in [9.17, 15) is 0 Å². The van der Waals surface area contributed by atoms with E-state index in [1.54, 1.807) is 6.20 Å². The van der Waals surface area contributed by atoms with E-state index < -0.39 is 0 Å². The third-order valence-corrected chi connectivity index (χ3v) is 4.01. The normalized spacial score (nSPS) is 17.3. The highest BCUT2D eigenvalue weighted by molar-refractivity contribution is 5.28. The first kappa shape index (κ1) is 11.5. The van der Waals surface area contributed by atoms with Gasteiger partial charge in [0.05, 0.1) is 6.54 Å². The van der Waals surface area contributed by atoms with Crippen LogP contribution in [0.3, 0.4) is 0 Å². The van der Waals surface area contributed by atoms with E-state index in [0.717, 1.165) is 18.9 Å². The smallest absolute Gasteiger partial charge is 0.120 e. The summed E-state index contributed by atoms with van der Waals surface area (Å²) in [6.07, 6.45) is 7.60. The maximum absolute atomic E-state index is 4.23. The Hall–Kier alpha value is -1.61. The van der Waals surface area contributed by atoms with E-state index in [1.165, 1.54) is 24.8 Å². The van der Waals surface area contributed by atoms with Crippen molar-refractivity contribution in [3.8, 4) is 0 Å². The van der Waals surface area contributed by atoms with Crippen LogP contribution < -0.4 is 5.32 Å². The monoisotopic (exact) mass is 241 g/mol. The van der Waals surface area contributed by atoms with Crippen LogP contribution >= 0.6 is 0 Å². The van der Waals surface area contributed by atoms with Crippen molar-refractivity contribution >= 4 is 0 Å². The first-order valence-electron chi connectivity index (χ1n) is 6.64. The van der Waals surface area contributed by atoms with Gasteiger partial charge in [-0.15, -0.1) is 0 Å². The van der Waals surface area contributed by atoms with Crippen LogP contribution in [-0.2, 0) is 12.0 Å². The van der Waals surface area contributed by atoms with Gasteiger partial charge in [-0.25, -0.2) is 4.98 Å². The number of hydrogen-bond acceptors (Lipinski definition) is 2. The molecule has 0 aliphatic heterocycles. The number of hydrogen-bond donors (Lipinski definition) is 2. The molecule has 3 heteroatoms. The van der Waals surface area contributed by atoms with Crippen LogP contribution in [0, 0.1) is 0 Å². The van der Waals surface area contributed by atoms with Gasteiger partial charge in [-0.05, 0) is 18.4 Å². The largest absolute Gasteiger partial charge is 0.348 e. The quantitative estimate of drug-likeness (QED) is 0.845. The van der Waals surface area contributed by atoms with Crippen molar-refractivity contribution in [1.29, 1.82) is 0 Å². The summed E-state index contributed by atoms with van der Waals surface area (Å²) in [4.78, 5) is 7.36. The number of nitrogens with one attached hydrogen (secondary N) is 2. The van der Waals surface area contributed by atoms with Crippen LogP contribution in [0.5, 0.6) is 0 Å². The minimum Gasteiger partial charge on any atom is -0.348 e. The Balaban J connectivity index is 1.62. The second kappa shape index (κ2) is 4.94. The van der Waals surface area contributed by atoms with Crippen LogP contribution in [0.15, 0.2) is 42.7 Å². The summed E-state index contributed by atoms with van der Waals surface area (Å²) in [5.41, 5.74) is 1.83. The lowest BCUT2D eigenvalue weighted by atomic mass is 9.64. The summed E-state index contributed by atoms with van der Waals surface area (Å²) >= 11 is 0. The van der Waals surface area contributed by atoms with Crippen molar-refractivity contribution in [2.75, 3.05) is 6.54 Å². The van der Waals surface area contributed by atoms with Gasteiger partial charge in [-0.3, -0.25) is 0 Å². The van der Waals surface area contributed by atoms with E-state index in [-0.39, 0.29) is 0 Å². The highest BCUT2D eigenvalue weighted by Crippen LogP contribution is 2.43. The molecule has 0 bridgehead atoms. The van der Waals surface area contributed by atoms with Gasteiger partial charge in [-0.1, -0.05) is 36.8 Å². The van der Waals surface area contributed by atoms with Gasteiger partial charge in [0.15, 0.2) is 0 Å². The summed E-state index contributed by atoms with van der Waals surface area (Å²) < 4.78 is 0. The Labute approximate surface area is 108 Å². The first-order valence-corrected chi connectivity index (χ1v) is 6.64. The molecule has 1 heterocycles. The van der Waals surface area contributed by atoms with Crippen molar-refractivity contribution in [2.24, 2.45) is 0 Å². The molecular weight excluding hydrogens is 222 g/mol. The standard InChI is InChI=1S/C15H19N3/c1-2-5-13(6-3-1)15(7-4-8-15)12-16-11-14-17-9-10-18-14/h1-3,5-6,9-10,16H,4,7-8,11-12H2,(H,17,18). The number of aromatic amines is 1. The average molecular weight is 241 g/mol. The van der Waals surface area contributed by atoms with Crippen LogP contribution in [0.25, 0.3) is 0 Å². The van der Waals surface area contributed by atoms with Crippen LogP contribution in [0.2, 0.25) is 0 Å². The molecule has 0 atom stereocenters. The number of aromatic nitrogens is 2. The van der Waals surface area contributed by atoms with E-state index in [4.69, 9.17) is 0 Å². The Bertz CT molecular complexity index is 472. The Morgan fingerprint density at radius 1 is 1.22 bits per heavy atom. The van der Waals surface area contributed by atoms with Gasteiger partial charge in [-0.2, -0.15) is 0 Å². The summed E-state index contributed by atoms with van der Waals surface area (Å²) in [5, 5.41) is 3.54. The lowest BCUT2D eigenvalue weighted by Crippen LogP contribution is -2.43. The Morgan fingerprint density at radius 2 is 2.06 bits per heavy atom. The average Bonchev–Trinajstić information content (AvgIpc) is 2.87. The zero-order chi connectivity index (χ0) is 12.3. The number of imidazole rings is 1. The molecule has 0 radical (unpaired) electrons. The molecule has 18 heavy (non-hydrogen) atoms. The molecule has 1 aliphatic rings. The van der Waals surface area contributed by atoms with E-state index in [1.807, 2.05) is 6.20 Å². The fourth-order valence-corrected chi connectivity index (χ4v) is 2.78. The predicted molar refractivity (Wildman–Crippen MR) is 72.3 cm³/mol. The molecule has 3 rings (SSSR count). The van der Waals surface area contributed by atoms with Crippen LogP contribution in [-0.4, -0.2) is 16.5 Å². The first-order chi connectivity index (χ1) is 8.89. The molecule has 0 unspecified atom stereocenters. The molecular formula is C15H19N3. The zero-order valence-corrected chi connectivity index (χ0v) is 10.5. The molecule has 1 aromatic heterocycles. The molecule has 1 aliphatic carbocycles. The highest BCUT2D eigenvalue weighted by Gasteiger charge is 2.37. The predicted octanol–water partition coefficient (Wildman–Crippen LogP) is 2.62. The van der Waals surface area contributed by atoms with Crippen LogP contribution in [0.4, 0.5) is 0 Å². The summed E-state index contributed by atoms with van der Waals surface area (Å²) in [7, 11) is 0. The van der Waals surface area contributed by atoms with Crippen molar-refractivity contribution < 1.29 is 0 Å². The second-order valence-corrected chi connectivity index (χ2v) is 5.14. The fourth-order valence-electron chi connectivity index (χ4n) is 2.78. The SMILES string of the molecule is c1ccc(C2(CNCc3ncc[nH]3)CCC2)cc1. The van der Waals surface area contributed by atoms with Gasteiger partial charge in [0.2, 0.25) is 0 Å². The molecule has 1 fully saturated rings. The van der Waals surface area contributed by atoms with Crippen molar-refractivity contribution in [3.63, 3.8) is 0 Å². The minimum atomic E-state index is 0.355. The van der Waals surface area contributed by atoms with Gasteiger partial charge in [0.25, 0.3) is 0 Å². The van der Waals surface area contributed by atoms with E-state index >= 15 is 0 Å². The molecule has 1 saturated carbocycles. The third-order valence-electron chi connectivity index (χ3n) is 4.01. The molecule has 0 saturated heterocycles. The van der Waals surface area contributed by atoms with E-state index in [0.29, 0.717) is 5.41 Å². The van der Waals surface area contributed by atoms with E-state index in [2.05, 4.69) is 45.6 Å². The lowest BCUT2D eigenvalue weighted by Gasteiger charge is -2.42. The minimum absolute atomic E-state index is 0.355. The topological polar surface area (TPSA) is 40.7 Å². The number of rotatable bonds is 5. The van der Waals surface area contributed by atoms with Crippen LogP contribution in [0.1, 0.15) is 30.7 Å². The number of nitrogens with zero attached hydrogens (tertiary/aromatic N) is 1. The molecule has 1 aromatic carbocycles. The van der Waals surface area contributed by atoms with Crippen molar-refractivity contribution in [3.05, 3.63) is 54.1 Å². The summed E-state index contributed by atoms with van der Waals surface area (Å²) in [6, 6.07) is 10.9. The maximum atomic E-state index is 4.23. The molecule has 2 N–H and O–H groups in total. The molecule has 94 valence electrons. The molecule has 3 nitrogen and oxygen atoms in total. The lowest BCUT2D eigenvalue weighted by molar-refractivity contribution is 0.232. The molecule has 2 aromatic rings. The maximum Gasteiger partial charge on any atom is 0.120 e. The van der Waals surface area contributed by atoms with Gasteiger partial charge < -0.3 is 10.3 Å². The van der Waals surface area contributed by atoms with Gasteiger partial charge in [0, 0.05) is 24.4 Å². The van der Waals surface area contributed by atoms with Gasteiger partial charge >= 0.3 is 0 Å². The Morgan fingerprint density at radius 3 is 2.67 bits per heavy atom. The second-order valence-electron chi connectivity index (χ2n) is 5.14. The number of H-pyrrole nitrogens is 1. The number of benzene rings is 1. The molecule has 0 spiro atoms. The summed E-state index contributed by atoms with van der Waals surface area (Å²) in [6.45, 7) is 1.86. The zero-order valence-electron chi connectivity index (χ0n) is 10.5. The van der Waals surface area contributed by atoms with Gasteiger partial charge in [0.1, 0.15) is 5.82 Å². The molecule has 0 amide bonds. The third kappa shape index (κ3) is 2.18. The fraction of sp³-hybridized carbons (Fsp3) is 0.400. The summed E-state index contributed by atoms with van der Waals surface area (Å²) in [5.74, 6) is 1.01. The van der Waals surface area contributed by atoms with Crippen molar-refractivity contribution in [2.45, 2.75) is 31.2 Å². The van der Waals surface area contributed by atoms with Crippen molar-refractivity contribution in [1.82, 2.24) is 15.3 Å².